The van der Waals surface area contributed by atoms with E-state index in [9.17, 15) is 9.90 Å². The van der Waals surface area contributed by atoms with E-state index < -0.39 is 23.7 Å². The second-order valence-electron chi connectivity index (χ2n) is 6.87. The normalized spacial score (nSPS) is 22.5. The SMILES string of the molecule is CC(C)N1Cc2ccc(Cl)nc2C(C(=O)OC(C)(C)C)C1O. The number of halogens is 1. The minimum Gasteiger partial charge on any atom is -0.459 e. The lowest BCUT2D eigenvalue weighted by Crippen LogP contribution is -2.50. The quantitative estimate of drug-likeness (QED) is 0.668. The van der Waals surface area contributed by atoms with Crippen LogP contribution >= 0.6 is 11.6 Å². The van der Waals surface area contributed by atoms with Crippen molar-refractivity contribution in [3.63, 3.8) is 0 Å². The molecule has 2 rings (SSSR count). The van der Waals surface area contributed by atoms with Crippen molar-refractivity contribution in [2.45, 2.75) is 65.0 Å². The zero-order valence-corrected chi connectivity index (χ0v) is 14.4. The molecular weight excluding hydrogens is 304 g/mol. The number of fused-ring (bicyclic) bond motifs is 1. The molecule has 122 valence electrons. The molecule has 0 spiro atoms. The largest absolute Gasteiger partial charge is 0.459 e. The maximum atomic E-state index is 12.6. The zero-order chi connectivity index (χ0) is 16.7. The number of hydrogen-bond donors (Lipinski definition) is 1. The molecule has 1 N–H and O–H groups in total. The Bertz CT molecular complexity index is 569. The molecule has 6 heteroatoms. The molecule has 0 aliphatic carbocycles. The van der Waals surface area contributed by atoms with Crippen LogP contribution in [0.15, 0.2) is 12.1 Å². The average Bonchev–Trinajstić information content (AvgIpc) is 2.35. The number of pyridine rings is 1. The molecule has 1 aromatic heterocycles. The summed E-state index contributed by atoms with van der Waals surface area (Å²) in [6.07, 6.45) is -0.978. The summed E-state index contributed by atoms with van der Waals surface area (Å²) < 4.78 is 5.46. The van der Waals surface area contributed by atoms with Gasteiger partial charge in [0.1, 0.15) is 22.9 Å². The fourth-order valence-corrected chi connectivity index (χ4v) is 2.75. The second-order valence-corrected chi connectivity index (χ2v) is 7.26. The molecule has 2 atom stereocenters. The minimum atomic E-state index is -0.978. The number of rotatable bonds is 2. The van der Waals surface area contributed by atoms with E-state index in [0.29, 0.717) is 17.4 Å². The maximum absolute atomic E-state index is 12.6. The Kier molecular flexibility index (Phi) is 4.80. The molecule has 1 aromatic rings. The van der Waals surface area contributed by atoms with Gasteiger partial charge in [-0.05, 0) is 46.2 Å². The summed E-state index contributed by atoms with van der Waals surface area (Å²) in [5, 5.41) is 10.9. The van der Waals surface area contributed by atoms with Crippen LogP contribution in [0.25, 0.3) is 0 Å². The average molecular weight is 327 g/mol. The van der Waals surface area contributed by atoms with Crippen LogP contribution in [0, 0.1) is 0 Å². The topological polar surface area (TPSA) is 62.7 Å². The van der Waals surface area contributed by atoms with Crippen molar-refractivity contribution < 1.29 is 14.6 Å². The molecule has 0 radical (unpaired) electrons. The lowest BCUT2D eigenvalue weighted by Gasteiger charge is -2.40. The van der Waals surface area contributed by atoms with Crippen molar-refractivity contribution in [3.05, 3.63) is 28.5 Å². The fourth-order valence-electron chi connectivity index (χ4n) is 2.59. The molecule has 22 heavy (non-hydrogen) atoms. The summed E-state index contributed by atoms with van der Waals surface area (Å²) in [6, 6.07) is 3.63. The molecule has 1 aliphatic heterocycles. The van der Waals surface area contributed by atoms with Gasteiger partial charge in [-0.3, -0.25) is 9.69 Å². The number of carbonyl (C=O) groups is 1. The van der Waals surface area contributed by atoms with Gasteiger partial charge in [0.25, 0.3) is 0 Å². The Balaban J connectivity index is 2.45. The highest BCUT2D eigenvalue weighted by molar-refractivity contribution is 6.29. The van der Waals surface area contributed by atoms with Gasteiger partial charge in [-0.25, -0.2) is 4.98 Å². The summed E-state index contributed by atoms with van der Waals surface area (Å²) >= 11 is 5.97. The van der Waals surface area contributed by atoms with E-state index in [4.69, 9.17) is 16.3 Å². The van der Waals surface area contributed by atoms with Gasteiger partial charge in [0.2, 0.25) is 0 Å². The van der Waals surface area contributed by atoms with Crippen molar-refractivity contribution in [2.24, 2.45) is 0 Å². The molecular formula is C16H23ClN2O3. The van der Waals surface area contributed by atoms with E-state index in [1.54, 1.807) is 26.8 Å². The third-order valence-electron chi connectivity index (χ3n) is 3.59. The van der Waals surface area contributed by atoms with Crippen LogP contribution in [0.4, 0.5) is 0 Å². The Morgan fingerprint density at radius 1 is 1.45 bits per heavy atom. The Hall–Kier alpha value is -1.17. The number of aliphatic hydroxyl groups is 1. The molecule has 5 nitrogen and oxygen atoms in total. The van der Waals surface area contributed by atoms with Crippen molar-refractivity contribution in [2.75, 3.05) is 0 Å². The molecule has 0 bridgehead atoms. The van der Waals surface area contributed by atoms with Gasteiger partial charge < -0.3 is 9.84 Å². The van der Waals surface area contributed by atoms with Gasteiger partial charge in [-0.15, -0.1) is 0 Å². The summed E-state index contributed by atoms with van der Waals surface area (Å²) in [5.41, 5.74) is 0.765. The van der Waals surface area contributed by atoms with Crippen molar-refractivity contribution in [1.82, 2.24) is 9.88 Å². The molecule has 1 aliphatic rings. The van der Waals surface area contributed by atoms with Crippen molar-refractivity contribution in [3.8, 4) is 0 Å². The molecule has 0 aromatic carbocycles. The molecule has 0 saturated carbocycles. The molecule has 2 heterocycles. The summed E-state index contributed by atoms with van der Waals surface area (Å²) in [6.45, 7) is 9.87. The minimum absolute atomic E-state index is 0.0868. The van der Waals surface area contributed by atoms with Crippen LogP contribution in [0.2, 0.25) is 5.15 Å². The molecule has 2 unspecified atom stereocenters. The number of carbonyl (C=O) groups excluding carboxylic acids is 1. The number of esters is 1. The van der Waals surface area contributed by atoms with Crippen LogP contribution in [0.3, 0.4) is 0 Å². The smallest absolute Gasteiger partial charge is 0.319 e. The standard InChI is InChI=1S/C16H23ClN2O3/c1-9(2)19-8-10-6-7-11(17)18-13(10)12(14(19)20)15(21)22-16(3,4)5/h6-7,9,12,14,20H,8H2,1-5H3. The highest BCUT2D eigenvalue weighted by atomic mass is 35.5. The van der Waals surface area contributed by atoms with E-state index in [0.717, 1.165) is 5.56 Å². The van der Waals surface area contributed by atoms with Crippen molar-refractivity contribution in [1.29, 1.82) is 0 Å². The second kappa shape index (κ2) is 6.14. The van der Waals surface area contributed by atoms with Gasteiger partial charge in [-0.1, -0.05) is 17.7 Å². The van der Waals surface area contributed by atoms with Crippen LogP contribution in [0.5, 0.6) is 0 Å². The summed E-state index contributed by atoms with van der Waals surface area (Å²) in [7, 11) is 0. The molecule has 0 amide bonds. The first-order valence-corrected chi connectivity index (χ1v) is 7.80. The third-order valence-corrected chi connectivity index (χ3v) is 3.80. The number of hydrogen-bond acceptors (Lipinski definition) is 5. The van der Waals surface area contributed by atoms with E-state index in [2.05, 4.69) is 4.98 Å². The van der Waals surface area contributed by atoms with Gasteiger partial charge in [0.15, 0.2) is 0 Å². The van der Waals surface area contributed by atoms with Gasteiger partial charge in [-0.2, -0.15) is 0 Å². The fraction of sp³-hybridized carbons (Fsp3) is 0.625. The highest BCUT2D eigenvalue weighted by Gasteiger charge is 2.42. The summed E-state index contributed by atoms with van der Waals surface area (Å²) in [5.74, 6) is -1.34. The van der Waals surface area contributed by atoms with Crippen LogP contribution in [-0.2, 0) is 16.1 Å². The molecule has 0 fully saturated rings. The van der Waals surface area contributed by atoms with Crippen molar-refractivity contribution >= 4 is 17.6 Å². The van der Waals surface area contributed by atoms with E-state index in [1.807, 2.05) is 24.8 Å². The zero-order valence-electron chi connectivity index (χ0n) is 13.6. The lowest BCUT2D eigenvalue weighted by molar-refractivity contribution is -0.166. The Morgan fingerprint density at radius 2 is 2.09 bits per heavy atom. The monoisotopic (exact) mass is 326 g/mol. The van der Waals surface area contributed by atoms with Crippen LogP contribution < -0.4 is 0 Å². The van der Waals surface area contributed by atoms with Crippen LogP contribution in [0.1, 0.15) is 51.8 Å². The van der Waals surface area contributed by atoms with Gasteiger partial charge >= 0.3 is 5.97 Å². The van der Waals surface area contributed by atoms with Gasteiger partial charge in [0.05, 0.1) is 5.69 Å². The van der Waals surface area contributed by atoms with E-state index in [-0.39, 0.29) is 6.04 Å². The van der Waals surface area contributed by atoms with E-state index in [1.165, 1.54) is 0 Å². The van der Waals surface area contributed by atoms with Gasteiger partial charge in [0, 0.05) is 12.6 Å². The summed E-state index contributed by atoms with van der Waals surface area (Å²) in [4.78, 5) is 18.7. The van der Waals surface area contributed by atoms with E-state index >= 15 is 0 Å². The molecule has 0 saturated heterocycles. The first-order chi connectivity index (χ1) is 10.1. The maximum Gasteiger partial charge on any atom is 0.319 e. The number of aromatic nitrogens is 1. The first kappa shape index (κ1) is 17.2. The number of ether oxygens (including phenoxy) is 1. The van der Waals surface area contributed by atoms with Crippen LogP contribution in [-0.4, -0.2) is 38.8 Å². The number of nitrogens with zero attached hydrogens (tertiary/aromatic N) is 2. The lowest BCUT2D eigenvalue weighted by atomic mass is 9.91. The predicted molar refractivity (Wildman–Crippen MR) is 84.5 cm³/mol. The third kappa shape index (κ3) is 3.59. The predicted octanol–water partition coefficient (Wildman–Crippen LogP) is 2.70. The Labute approximate surface area is 136 Å². The highest BCUT2D eigenvalue weighted by Crippen LogP contribution is 2.34. The Morgan fingerprint density at radius 3 is 2.64 bits per heavy atom. The number of aliphatic hydroxyl groups excluding tert-OH is 1. The first-order valence-electron chi connectivity index (χ1n) is 7.42.